The van der Waals surface area contributed by atoms with Crippen molar-refractivity contribution in [3.63, 3.8) is 0 Å². The molecule has 0 saturated carbocycles. The van der Waals surface area contributed by atoms with Gasteiger partial charge < -0.3 is 5.32 Å². The van der Waals surface area contributed by atoms with Gasteiger partial charge in [-0.2, -0.15) is 9.90 Å². The van der Waals surface area contributed by atoms with Gasteiger partial charge in [0.1, 0.15) is 17.3 Å². The second kappa shape index (κ2) is 7.21. The summed E-state index contributed by atoms with van der Waals surface area (Å²) in [5.74, 6) is -2.42. The number of halogens is 2. The molecule has 2 aromatic carbocycles. The van der Waals surface area contributed by atoms with Crippen molar-refractivity contribution in [1.29, 1.82) is 0 Å². The minimum Gasteiger partial charge on any atom is -0.316 e. The Morgan fingerprint density at radius 3 is 2.44 bits per heavy atom. The lowest BCUT2D eigenvalue weighted by atomic mass is 10.1. The Morgan fingerprint density at radius 2 is 1.76 bits per heavy atom. The molecule has 0 fully saturated rings. The molecule has 5 nitrogen and oxygen atoms in total. The maximum Gasteiger partial charge on any atom is 0.278 e. The molecule has 0 spiro atoms. The molecule has 1 heterocycles. The molecule has 0 radical (unpaired) electrons. The monoisotopic (exact) mass is 342 g/mol. The summed E-state index contributed by atoms with van der Waals surface area (Å²) < 4.78 is 27.2. The lowest BCUT2D eigenvalue weighted by Gasteiger charge is -2.07. The van der Waals surface area contributed by atoms with E-state index in [-0.39, 0.29) is 5.69 Å². The molecule has 0 aliphatic carbocycles. The van der Waals surface area contributed by atoms with Crippen LogP contribution in [-0.2, 0) is 13.0 Å². The molecule has 1 N–H and O–H groups in total. The van der Waals surface area contributed by atoms with Gasteiger partial charge in [-0.3, -0.25) is 4.79 Å². The summed E-state index contributed by atoms with van der Waals surface area (Å²) in [6, 6.07) is 11.2. The molecular formula is C18H16F2N4O. The summed E-state index contributed by atoms with van der Waals surface area (Å²) in [4.78, 5) is 13.5. The number of carbonyl (C=O) groups excluding carboxylic acids is 1. The highest BCUT2D eigenvalue weighted by Crippen LogP contribution is 2.18. The SMILES string of the molecule is CCc1ccccc1Cn1ncc(C(=O)Nc2c(F)cccc2F)n1. The van der Waals surface area contributed by atoms with Gasteiger partial charge >= 0.3 is 0 Å². The lowest BCUT2D eigenvalue weighted by Crippen LogP contribution is -2.16. The van der Waals surface area contributed by atoms with Crippen LogP contribution in [0, 0.1) is 11.6 Å². The third kappa shape index (κ3) is 3.71. The number of hydrogen-bond donors (Lipinski definition) is 1. The van der Waals surface area contributed by atoms with Crippen LogP contribution in [-0.4, -0.2) is 20.9 Å². The maximum atomic E-state index is 13.6. The number of anilines is 1. The van der Waals surface area contributed by atoms with Gasteiger partial charge in [0.05, 0.1) is 12.7 Å². The normalized spacial score (nSPS) is 10.7. The molecule has 1 aromatic heterocycles. The van der Waals surface area contributed by atoms with Crippen molar-refractivity contribution in [2.24, 2.45) is 0 Å². The van der Waals surface area contributed by atoms with Gasteiger partial charge in [0.2, 0.25) is 0 Å². The van der Waals surface area contributed by atoms with Crippen molar-refractivity contribution in [3.05, 3.63) is 77.1 Å². The number of benzene rings is 2. The van der Waals surface area contributed by atoms with E-state index >= 15 is 0 Å². The second-order valence-corrected chi connectivity index (χ2v) is 5.43. The van der Waals surface area contributed by atoms with E-state index < -0.39 is 23.2 Å². The van der Waals surface area contributed by atoms with Crippen LogP contribution in [0.1, 0.15) is 28.5 Å². The molecule has 0 unspecified atom stereocenters. The fraction of sp³-hybridized carbons (Fsp3) is 0.167. The molecule has 0 bridgehead atoms. The summed E-state index contributed by atoms with van der Waals surface area (Å²) >= 11 is 0. The standard InChI is InChI=1S/C18H16F2N4O/c1-2-12-6-3-4-7-13(12)11-24-21-10-16(23-24)18(25)22-17-14(19)8-5-9-15(17)20/h3-10H,2,11H2,1H3,(H,22,25). The predicted octanol–water partition coefficient (Wildman–Crippen LogP) is 3.42. The number of hydrogen-bond acceptors (Lipinski definition) is 3. The van der Waals surface area contributed by atoms with Gasteiger partial charge in [-0.1, -0.05) is 37.3 Å². The molecule has 7 heteroatoms. The summed E-state index contributed by atoms with van der Waals surface area (Å²) in [5.41, 5.74) is 1.70. The van der Waals surface area contributed by atoms with E-state index in [0.29, 0.717) is 6.54 Å². The van der Waals surface area contributed by atoms with E-state index in [9.17, 15) is 13.6 Å². The number of aromatic nitrogens is 3. The number of carbonyl (C=O) groups is 1. The highest BCUT2D eigenvalue weighted by atomic mass is 19.1. The van der Waals surface area contributed by atoms with E-state index in [2.05, 4.69) is 22.4 Å². The fourth-order valence-corrected chi connectivity index (χ4v) is 2.48. The zero-order valence-electron chi connectivity index (χ0n) is 13.5. The number of rotatable bonds is 5. The Kier molecular flexibility index (Phi) is 4.83. The summed E-state index contributed by atoms with van der Waals surface area (Å²) in [5, 5.41) is 10.3. The topological polar surface area (TPSA) is 59.8 Å². The summed E-state index contributed by atoms with van der Waals surface area (Å²) in [6.07, 6.45) is 2.14. The number of nitrogens with one attached hydrogen (secondary N) is 1. The Morgan fingerprint density at radius 1 is 1.08 bits per heavy atom. The van der Waals surface area contributed by atoms with Crippen molar-refractivity contribution in [2.75, 3.05) is 5.32 Å². The average Bonchev–Trinajstić information content (AvgIpc) is 3.07. The number of para-hydroxylation sites is 1. The van der Waals surface area contributed by atoms with Crippen molar-refractivity contribution in [2.45, 2.75) is 19.9 Å². The molecule has 3 rings (SSSR count). The van der Waals surface area contributed by atoms with E-state index in [4.69, 9.17) is 0 Å². The van der Waals surface area contributed by atoms with E-state index in [1.807, 2.05) is 24.3 Å². The maximum absolute atomic E-state index is 13.6. The second-order valence-electron chi connectivity index (χ2n) is 5.43. The number of aryl methyl sites for hydroxylation is 1. The first kappa shape index (κ1) is 16.8. The van der Waals surface area contributed by atoms with Crippen LogP contribution in [0.25, 0.3) is 0 Å². The molecule has 0 aliphatic heterocycles. The number of amides is 1. The zero-order chi connectivity index (χ0) is 17.8. The Bertz CT molecular complexity index is 887. The third-order valence-corrected chi connectivity index (χ3v) is 3.78. The van der Waals surface area contributed by atoms with E-state index in [0.717, 1.165) is 24.1 Å². The van der Waals surface area contributed by atoms with Gasteiger partial charge in [0.25, 0.3) is 5.91 Å². The van der Waals surface area contributed by atoms with Crippen LogP contribution in [0.15, 0.2) is 48.7 Å². The van der Waals surface area contributed by atoms with Crippen LogP contribution < -0.4 is 5.32 Å². The average molecular weight is 342 g/mol. The first-order valence-corrected chi connectivity index (χ1v) is 7.80. The zero-order valence-corrected chi connectivity index (χ0v) is 13.5. The lowest BCUT2D eigenvalue weighted by molar-refractivity contribution is 0.102. The molecule has 0 atom stereocenters. The molecule has 0 aliphatic rings. The molecule has 3 aromatic rings. The van der Waals surface area contributed by atoms with Gasteiger partial charge in [0, 0.05) is 0 Å². The fourth-order valence-electron chi connectivity index (χ4n) is 2.48. The highest BCUT2D eigenvalue weighted by molar-refractivity contribution is 6.02. The van der Waals surface area contributed by atoms with Gasteiger partial charge in [-0.15, -0.1) is 5.10 Å². The first-order valence-electron chi connectivity index (χ1n) is 7.80. The Labute approximate surface area is 143 Å². The van der Waals surface area contributed by atoms with Crippen molar-refractivity contribution in [3.8, 4) is 0 Å². The highest BCUT2D eigenvalue weighted by Gasteiger charge is 2.16. The molecule has 25 heavy (non-hydrogen) atoms. The van der Waals surface area contributed by atoms with Crippen LogP contribution in [0.5, 0.6) is 0 Å². The van der Waals surface area contributed by atoms with Gasteiger partial charge in [0.15, 0.2) is 5.69 Å². The van der Waals surface area contributed by atoms with Crippen LogP contribution in [0.2, 0.25) is 0 Å². The number of nitrogens with zero attached hydrogens (tertiary/aromatic N) is 3. The van der Waals surface area contributed by atoms with Crippen molar-refractivity contribution in [1.82, 2.24) is 15.0 Å². The molecule has 1 amide bonds. The van der Waals surface area contributed by atoms with E-state index in [1.165, 1.54) is 22.6 Å². The van der Waals surface area contributed by atoms with Crippen LogP contribution >= 0.6 is 0 Å². The summed E-state index contributed by atoms with van der Waals surface area (Å²) in [7, 11) is 0. The predicted molar refractivity (Wildman–Crippen MR) is 89.3 cm³/mol. The molecular weight excluding hydrogens is 326 g/mol. The molecule has 128 valence electrons. The largest absolute Gasteiger partial charge is 0.316 e. The van der Waals surface area contributed by atoms with Gasteiger partial charge in [-0.05, 0) is 29.7 Å². The van der Waals surface area contributed by atoms with E-state index in [1.54, 1.807) is 0 Å². The third-order valence-electron chi connectivity index (χ3n) is 3.78. The van der Waals surface area contributed by atoms with Crippen molar-refractivity contribution >= 4 is 11.6 Å². The van der Waals surface area contributed by atoms with Gasteiger partial charge in [-0.25, -0.2) is 8.78 Å². The van der Waals surface area contributed by atoms with Crippen LogP contribution in [0.4, 0.5) is 14.5 Å². The summed E-state index contributed by atoms with van der Waals surface area (Å²) in [6.45, 7) is 2.46. The first-order chi connectivity index (χ1) is 12.1. The Hall–Kier alpha value is -3.09. The van der Waals surface area contributed by atoms with Crippen molar-refractivity contribution < 1.29 is 13.6 Å². The molecule has 0 saturated heterocycles. The Balaban J connectivity index is 1.76. The minimum atomic E-state index is -0.849. The minimum absolute atomic E-state index is 0.0170. The van der Waals surface area contributed by atoms with Crippen LogP contribution in [0.3, 0.4) is 0 Å². The smallest absolute Gasteiger partial charge is 0.278 e. The quantitative estimate of drug-likeness (QED) is 0.773.